The molecule has 114 valence electrons. The second-order valence-corrected chi connectivity index (χ2v) is 5.34. The molecule has 0 aliphatic carbocycles. The van der Waals surface area contributed by atoms with Gasteiger partial charge < -0.3 is 15.3 Å². The summed E-state index contributed by atoms with van der Waals surface area (Å²) in [6.45, 7) is 0.549. The molecule has 1 heterocycles. The monoisotopic (exact) mass is 290 g/mol. The summed E-state index contributed by atoms with van der Waals surface area (Å²) in [7, 11) is 0. The van der Waals surface area contributed by atoms with Gasteiger partial charge in [-0.1, -0.05) is 36.8 Å². The first kappa shape index (κ1) is 15.5. The van der Waals surface area contributed by atoms with Crippen LogP contribution in [-0.4, -0.2) is 41.5 Å². The van der Waals surface area contributed by atoms with E-state index in [4.69, 9.17) is 0 Å². The van der Waals surface area contributed by atoms with Crippen molar-refractivity contribution in [1.29, 1.82) is 0 Å². The first-order chi connectivity index (χ1) is 10.2. The minimum atomic E-state index is -0.430. The molecular weight excluding hydrogens is 268 g/mol. The van der Waals surface area contributed by atoms with E-state index in [1.807, 2.05) is 30.3 Å². The summed E-state index contributed by atoms with van der Waals surface area (Å²) in [6, 6.07) is 8.90. The fraction of sp³-hybridized carbons (Fsp3) is 0.500. The number of carbonyl (C=O) groups is 2. The molecule has 1 saturated heterocycles. The van der Waals surface area contributed by atoms with Gasteiger partial charge in [0.25, 0.3) is 0 Å². The quantitative estimate of drug-likeness (QED) is 0.857. The summed E-state index contributed by atoms with van der Waals surface area (Å²) in [5, 5.41) is 12.2. The van der Waals surface area contributed by atoms with Crippen molar-refractivity contribution in [2.24, 2.45) is 0 Å². The minimum Gasteiger partial charge on any atom is -0.394 e. The molecule has 5 heteroatoms. The zero-order chi connectivity index (χ0) is 15.1. The lowest BCUT2D eigenvalue weighted by atomic mass is 10.1. The van der Waals surface area contributed by atoms with Gasteiger partial charge in [-0.2, -0.15) is 0 Å². The summed E-state index contributed by atoms with van der Waals surface area (Å²) in [5.41, 5.74) is 0.857. The van der Waals surface area contributed by atoms with Crippen LogP contribution in [0.1, 0.15) is 37.3 Å². The molecule has 2 rings (SSSR count). The number of hydrogen-bond donors (Lipinski definition) is 2. The smallest absolute Gasteiger partial charge is 0.240 e. The van der Waals surface area contributed by atoms with Crippen molar-refractivity contribution in [3.63, 3.8) is 0 Å². The van der Waals surface area contributed by atoms with Crippen LogP contribution in [0.4, 0.5) is 0 Å². The van der Waals surface area contributed by atoms with Crippen LogP contribution in [0.2, 0.25) is 0 Å². The molecule has 5 nitrogen and oxygen atoms in total. The summed E-state index contributed by atoms with van der Waals surface area (Å²) in [5.74, 6) is -0.184. The first-order valence-electron chi connectivity index (χ1n) is 7.43. The third-order valence-electron chi connectivity index (χ3n) is 3.73. The zero-order valence-corrected chi connectivity index (χ0v) is 12.1. The lowest BCUT2D eigenvalue weighted by Gasteiger charge is -2.22. The van der Waals surface area contributed by atoms with Gasteiger partial charge in [-0.3, -0.25) is 9.59 Å². The van der Waals surface area contributed by atoms with Gasteiger partial charge in [0.15, 0.2) is 0 Å². The predicted molar refractivity (Wildman–Crippen MR) is 79.5 cm³/mol. The number of aliphatic hydroxyl groups excluding tert-OH is 1. The molecule has 21 heavy (non-hydrogen) atoms. The van der Waals surface area contributed by atoms with Crippen LogP contribution in [0.3, 0.4) is 0 Å². The second-order valence-electron chi connectivity index (χ2n) is 5.34. The number of carbonyl (C=O) groups excluding carboxylic acids is 2. The molecule has 0 radical (unpaired) electrons. The van der Waals surface area contributed by atoms with E-state index in [0.717, 1.165) is 24.8 Å². The number of benzene rings is 1. The van der Waals surface area contributed by atoms with Crippen LogP contribution in [-0.2, 0) is 9.59 Å². The van der Waals surface area contributed by atoms with Gasteiger partial charge in [0.2, 0.25) is 11.8 Å². The largest absolute Gasteiger partial charge is 0.394 e. The number of aliphatic hydroxyl groups is 1. The fourth-order valence-electron chi connectivity index (χ4n) is 2.54. The Morgan fingerprint density at radius 1 is 1.24 bits per heavy atom. The Kier molecular flexibility index (Phi) is 5.75. The Morgan fingerprint density at radius 3 is 2.71 bits per heavy atom. The van der Waals surface area contributed by atoms with Gasteiger partial charge >= 0.3 is 0 Å². The van der Waals surface area contributed by atoms with Crippen molar-refractivity contribution < 1.29 is 14.7 Å². The molecule has 1 aliphatic heterocycles. The average Bonchev–Trinajstić information content (AvgIpc) is 2.71. The number of hydrogen-bond acceptors (Lipinski definition) is 3. The van der Waals surface area contributed by atoms with Gasteiger partial charge in [0.1, 0.15) is 0 Å². The third kappa shape index (κ3) is 4.56. The lowest BCUT2D eigenvalue weighted by molar-refractivity contribution is -0.135. The van der Waals surface area contributed by atoms with Crippen LogP contribution in [0.25, 0.3) is 0 Å². The number of likely N-dealkylation sites (tertiary alicyclic amines) is 1. The molecule has 1 aromatic carbocycles. The maximum atomic E-state index is 12.1. The zero-order valence-electron chi connectivity index (χ0n) is 12.1. The molecule has 0 unspecified atom stereocenters. The second kappa shape index (κ2) is 7.78. The summed E-state index contributed by atoms with van der Waals surface area (Å²) >= 11 is 0. The highest BCUT2D eigenvalue weighted by molar-refractivity contribution is 5.85. The molecular formula is C16H22N2O3. The highest BCUT2D eigenvalue weighted by Gasteiger charge is 2.21. The van der Waals surface area contributed by atoms with E-state index in [1.54, 1.807) is 4.90 Å². The minimum absolute atomic E-state index is 0.0444. The molecule has 0 saturated carbocycles. The highest BCUT2D eigenvalue weighted by atomic mass is 16.3. The van der Waals surface area contributed by atoms with E-state index in [2.05, 4.69) is 5.32 Å². The van der Waals surface area contributed by atoms with Gasteiger partial charge in [0, 0.05) is 13.0 Å². The average molecular weight is 290 g/mol. The van der Waals surface area contributed by atoms with E-state index >= 15 is 0 Å². The Labute approximate surface area is 125 Å². The Hall–Kier alpha value is -1.88. The molecule has 0 spiro atoms. The Bertz CT molecular complexity index is 476. The third-order valence-corrected chi connectivity index (χ3v) is 3.73. The molecule has 2 amide bonds. The van der Waals surface area contributed by atoms with E-state index in [-0.39, 0.29) is 25.0 Å². The van der Waals surface area contributed by atoms with E-state index in [9.17, 15) is 14.7 Å². The van der Waals surface area contributed by atoms with Crippen molar-refractivity contribution in [2.45, 2.75) is 31.7 Å². The van der Waals surface area contributed by atoms with Crippen molar-refractivity contribution in [3.05, 3.63) is 35.9 Å². The highest BCUT2D eigenvalue weighted by Crippen LogP contribution is 2.13. The van der Waals surface area contributed by atoms with E-state index in [0.29, 0.717) is 13.0 Å². The molecule has 1 fully saturated rings. The summed E-state index contributed by atoms with van der Waals surface area (Å²) in [4.78, 5) is 25.6. The Balaban J connectivity index is 1.92. The normalized spacial score (nSPS) is 17.2. The van der Waals surface area contributed by atoms with Crippen molar-refractivity contribution >= 4 is 11.8 Å². The van der Waals surface area contributed by atoms with E-state index < -0.39 is 6.04 Å². The molecule has 1 aliphatic rings. The van der Waals surface area contributed by atoms with Crippen LogP contribution >= 0.6 is 0 Å². The molecule has 1 aromatic rings. The molecule has 0 bridgehead atoms. The number of rotatable bonds is 5. The lowest BCUT2D eigenvalue weighted by Crippen LogP contribution is -2.42. The predicted octanol–water partition coefficient (Wildman–Crippen LogP) is 1.24. The van der Waals surface area contributed by atoms with Gasteiger partial charge in [-0.25, -0.2) is 0 Å². The van der Waals surface area contributed by atoms with Crippen LogP contribution < -0.4 is 5.32 Å². The van der Waals surface area contributed by atoms with Crippen molar-refractivity contribution in [1.82, 2.24) is 10.2 Å². The number of nitrogens with zero attached hydrogens (tertiary/aromatic N) is 1. The summed E-state index contributed by atoms with van der Waals surface area (Å²) in [6.07, 6.45) is 3.41. The maximum Gasteiger partial charge on any atom is 0.240 e. The van der Waals surface area contributed by atoms with Crippen LogP contribution in [0.15, 0.2) is 30.3 Å². The van der Waals surface area contributed by atoms with Crippen molar-refractivity contribution in [2.75, 3.05) is 19.7 Å². The first-order valence-corrected chi connectivity index (χ1v) is 7.43. The molecule has 0 aromatic heterocycles. The Morgan fingerprint density at radius 2 is 2.00 bits per heavy atom. The molecule has 2 N–H and O–H groups in total. The van der Waals surface area contributed by atoms with Gasteiger partial charge in [-0.15, -0.1) is 0 Å². The van der Waals surface area contributed by atoms with Crippen LogP contribution in [0.5, 0.6) is 0 Å². The van der Waals surface area contributed by atoms with E-state index in [1.165, 1.54) is 0 Å². The van der Waals surface area contributed by atoms with Crippen LogP contribution in [0, 0.1) is 0 Å². The maximum absolute atomic E-state index is 12.1. The summed E-state index contributed by atoms with van der Waals surface area (Å²) < 4.78 is 0. The fourth-order valence-corrected chi connectivity index (χ4v) is 2.54. The van der Waals surface area contributed by atoms with Crippen molar-refractivity contribution in [3.8, 4) is 0 Å². The number of nitrogens with one attached hydrogen (secondary N) is 1. The van der Waals surface area contributed by atoms with Gasteiger partial charge in [-0.05, 0) is 18.4 Å². The number of amides is 2. The SMILES string of the molecule is O=C(CN1CCCCCC1=O)N[C@@H](CO)c1ccccc1. The molecule has 1 atom stereocenters. The topological polar surface area (TPSA) is 69.6 Å². The van der Waals surface area contributed by atoms with Gasteiger partial charge in [0.05, 0.1) is 19.2 Å². The standard InChI is InChI=1S/C16H22N2O3/c19-12-14(13-7-3-1-4-8-13)17-15(20)11-18-10-6-2-5-9-16(18)21/h1,3-4,7-8,14,19H,2,5-6,9-12H2,(H,17,20)/t14-/m0/s1.